The number of hydrogen-bond donors (Lipinski definition) is 0. The van der Waals surface area contributed by atoms with Gasteiger partial charge in [0.1, 0.15) is 29.0 Å². The number of hydrogen-bond acceptors (Lipinski definition) is 6. The molecule has 2 unspecified atom stereocenters. The Balaban J connectivity index is 1.51. The number of aromatic nitrogens is 5. The van der Waals surface area contributed by atoms with Crippen LogP contribution in [0.15, 0.2) is 53.8 Å². The van der Waals surface area contributed by atoms with Gasteiger partial charge in [-0.2, -0.15) is 15.0 Å². The Morgan fingerprint density at radius 2 is 1.86 bits per heavy atom. The topological polar surface area (TPSA) is 78.1 Å². The Kier molecular flexibility index (Phi) is 6.58. The predicted molar refractivity (Wildman–Crippen MR) is 134 cm³/mol. The Labute approximate surface area is 211 Å². The van der Waals surface area contributed by atoms with E-state index in [2.05, 4.69) is 32.3 Å². The van der Waals surface area contributed by atoms with E-state index in [1.165, 1.54) is 23.1 Å². The van der Waals surface area contributed by atoms with Gasteiger partial charge >= 0.3 is 5.03 Å². The molecule has 0 aliphatic carbocycles. The molecule has 1 aliphatic rings. The molecule has 190 valence electrons. The molecule has 0 bridgehead atoms. The molecule has 5 rings (SSSR count). The van der Waals surface area contributed by atoms with Crippen LogP contribution in [-0.2, 0) is 18.4 Å². The van der Waals surface area contributed by atoms with Gasteiger partial charge in [-0.25, -0.2) is 13.5 Å². The Hall–Kier alpha value is -2.86. The van der Waals surface area contributed by atoms with Crippen LogP contribution in [0.2, 0.25) is 0 Å². The lowest BCUT2D eigenvalue weighted by Gasteiger charge is -2.42. The Morgan fingerprint density at radius 3 is 2.53 bits per heavy atom. The first-order valence-corrected chi connectivity index (χ1v) is 12.9. The van der Waals surface area contributed by atoms with Gasteiger partial charge in [-0.15, -0.1) is 9.40 Å². The fourth-order valence-corrected chi connectivity index (χ4v) is 5.91. The second-order valence-corrected chi connectivity index (χ2v) is 11.2. The van der Waals surface area contributed by atoms with E-state index in [0.717, 1.165) is 27.7 Å². The van der Waals surface area contributed by atoms with Crippen LogP contribution in [0.5, 0.6) is 0 Å². The largest absolute Gasteiger partial charge is 0.591 e. The van der Waals surface area contributed by atoms with Crippen LogP contribution in [0.4, 0.5) is 8.78 Å². The number of fused-ring (bicyclic) bond motifs is 1. The summed E-state index contributed by atoms with van der Waals surface area (Å²) in [5, 5.41) is 14.1. The van der Waals surface area contributed by atoms with Crippen LogP contribution in [-0.4, -0.2) is 70.4 Å². The van der Waals surface area contributed by atoms with Gasteiger partial charge in [0, 0.05) is 25.5 Å². The molecule has 2 atom stereocenters. The summed E-state index contributed by atoms with van der Waals surface area (Å²) in [6, 6.07) is 10.2. The van der Waals surface area contributed by atoms with Crippen molar-refractivity contribution in [1.82, 2.24) is 34.0 Å². The summed E-state index contributed by atoms with van der Waals surface area (Å²) in [5.74, 6) is -0.301. The number of halogens is 2. The van der Waals surface area contributed by atoms with Gasteiger partial charge in [0.15, 0.2) is 0 Å². The molecule has 2 aromatic heterocycles. The van der Waals surface area contributed by atoms with E-state index in [-0.39, 0.29) is 18.4 Å². The SMILES string of the molecule is Cc1cc2c(cnn2-c2ccc(F)cc2)cc1C1CN([S+]([O-])c2cnn(C)n2)CCN1CC(C)(C)F. The molecule has 1 aliphatic heterocycles. The molecule has 0 saturated carbocycles. The lowest BCUT2D eigenvalue weighted by Crippen LogP contribution is -2.53. The van der Waals surface area contributed by atoms with Gasteiger partial charge in [-0.1, -0.05) is 0 Å². The van der Waals surface area contributed by atoms with Crippen molar-refractivity contribution in [2.45, 2.75) is 37.5 Å². The summed E-state index contributed by atoms with van der Waals surface area (Å²) in [6.07, 6.45) is 3.30. The maximum atomic E-state index is 14.8. The van der Waals surface area contributed by atoms with Crippen LogP contribution >= 0.6 is 0 Å². The summed E-state index contributed by atoms with van der Waals surface area (Å²) in [5.41, 5.74) is 2.34. The summed E-state index contributed by atoms with van der Waals surface area (Å²) in [4.78, 5) is 3.52. The molecule has 1 saturated heterocycles. The van der Waals surface area contributed by atoms with Crippen LogP contribution in [0.1, 0.15) is 31.0 Å². The lowest BCUT2D eigenvalue weighted by atomic mass is 9.95. The van der Waals surface area contributed by atoms with E-state index in [0.29, 0.717) is 24.7 Å². The van der Waals surface area contributed by atoms with Crippen molar-refractivity contribution in [3.8, 4) is 5.69 Å². The maximum Gasteiger partial charge on any atom is 0.304 e. The average molecular weight is 514 g/mol. The first-order valence-electron chi connectivity index (χ1n) is 11.8. The van der Waals surface area contributed by atoms with Crippen molar-refractivity contribution in [3.63, 3.8) is 0 Å². The molecule has 0 spiro atoms. The third kappa shape index (κ3) is 5.01. The maximum absolute atomic E-state index is 14.8. The normalized spacial score (nSPS) is 18.7. The Bertz CT molecular complexity index is 1370. The second-order valence-electron chi connectivity index (χ2n) is 9.81. The zero-order valence-electron chi connectivity index (χ0n) is 20.7. The summed E-state index contributed by atoms with van der Waals surface area (Å²) in [6.45, 7) is 6.99. The molecule has 2 aromatic carbocycles. The molecule has 4 aromatic rings. The quantitative estimate of drug-likeness (QED) is 0.366. The highest BCUT2D eigenvalue weighted by atomic mass is 32.2. The van der Waals surface area contributed by atoms with Crippen LogP contribution in [0.25, 0.3) is 16.6 Å². The van der Waals surface area contributed by atoms with Crippen LogP contribution in [0, 0.1) is 12.7 Å². The van der Waals surface area contributed by atoms with Gasteiger partial charge < -0.3 is 4.55 Å². The molecule has 3 heterocycles. The summed E-state index contributed by atoms with van der Waals surface area (Å²) < 4.78 is 45.1. The van der Waals surface area contributed by atoms with Gasteiger partial charge in [0.25, 0.3) is 0 Å². The van der Waals surface area contributed by atoms with E-state index >= 15 is 0 Å². The van der Waals surface area contributed by atoms with Crippen LogP contribution in [0.3, 0.4) is 0 Å². The number of alkyl halides is 1. The number of aryl methyl sites for hydroxylation is 2. The fraction of sp³-hybridized carbons (Fsp3) is 0.400. The zero-order chi connectivity index (χ0) is 25.6. The summed E-state index contributed by atoms with van der Waals surface area (Å²) in [7, 11) is 1.69. The molecular weight excluding hydrogens is 484 g/mol. The molecule has 1 fully saturated rings. The van der Waals surface area contributed by atoms with E-state index in [4.69, 9.17) is 0 Å². The van der Waals surface area contributed by atoms with Crippen molar-refractivity contribution in [2.24, 2.45) is 7.05 Å². The first-order chi connectivity index (χ1) is 17.1. The van der Waals surface area contributed by atoms with Gasteiger partial charge in [-0.05, 0) is 68.3 Å². The highest BCUT2D eigenvalue weighted by Crippen LogP contribution is 2.34. The number of piperazine rings is 1. The predicted octanol–water partition coefficient (Wildman–Crippen LogP) is 3.73. The standard InChI is InChI=1S/C25H29F2N7OS/c1-17-11-22-18(13-29-34(22)20-7-5-19(26)6-8-20)12-21(17)23-15-33(10-9-32(23)16-25(2,3)27)36(35)24-14-28-31(4)30-24/h5-8,11-14,23H,9-10,15-16H2,1-4H3. The van der Waals surface area contributed by atoms with E-state index < -0.39 is 17.0 Å². The monoisotopic (exact) mass is 513 g/mol. The molecule has 0 radical (unpaired) electrons. The van der Waals surface area contributed by atoms with Crippen molar-refractivity contribution in [1.29, 1.82) is 0 Å². The van der Waals surface area contributed by atoms with Crippen LogP contribution < -0.4 is 0 Å². The molecule has 0 amide bonds. The minimum atomic E-state index is -1.47. The second kappa shape index (κ2) is 9.55. The molecular formula is C25H29F2N7OS. The minimum Gasteiger partial charge on any atom is -0.591 e. The zero-order valence-corrected chi connectivity index (χ0v) is 21.5. The third-order valence-corrected chi connectivity index (χ3v) is 7.76. The van der Waals surface area contributed by atoms with Gasteiger partial charge in [0.05, 0.1) is 36.5 Å². The van der Waals surface area contributed by atoms with Crippen molar-refractivity contribution in [3.05, 3.63) is 65.7 Å². The molecule has 0 N–H and O–H groups in total. The smallest absolute Gasteiger partial charge is 0.304 e. The van der Waals surface area contributed by atoms with Crippen molar-refractivity contribution in [2.75, 3.05) is 26.2 Å². The highest BCUT2D eigenvalue weighted by molar-refractivity contribution is 7.89. The van der Waals surface area contributed by atoms with Crippen molar-refractivity contribution < 1.29 is 13.3 Å². The van der Waals surface area contributed by atoms with E-state index in [1.807, 2.05) is 11.2 Å². The molecule has 8 nitrogen and oxygen atoms in total. The molecule has 36 heavy (non-hydrogen) atoms. The van der Waals surface area contributed by atoms with Crippen molar-refractivity contribution >= 4 is 22.3 Å². The highest BCUT2D eigenvalue weighted by Gasteiger charge is 2.38. The molecule has 11 heteroatoms. The first kappa shape index (κ1) is 24.8. The number of rotatable bonds is 6. The number of benzene rings is 2. The summed E-state index contributed by atoms with van der Waals surface area (Å²) >= 11 is -1.47. The lowest BCUT2D eigenvalue weighted by molar-refractivity contribution is 0.0561. The number of nitrogens with zero attached hydrogens (tertiary/aromatic N) is 7. The van der Waals surface area contributed by atoms with Gasteiger partial charge in [-0.3, -0.25) is 4.90 Å². The van der Waals surface area contributed by atoms with Gasteiger partial charge in [0.2, 0.25) is 0 Å². The Morgan fingerprint density at radius 1 is 1.11 bits per heavy atom. The average Bonchev–Trinajstić information content (AvgIpc) is 3.44. The fourth-order valence-electron chi connectivity index (χ4n) is 4.80. The van der Waals surface area contributed by atoms with E-state index in [1.54, 1.807) is 43.9 Å². The third-order valence-electron chi connectivity index (χ3n) is 6.41. The van der Waals surface area contributed by atoms with E-state index in [9.17, 15) is 13.3 Å². The minimum absolute atomic E-state index is 0.173.